The van der Waals surface area contributed by atoms with E-state index in [0.717, 1.165) is 0 Å². The molecule has 1 aliphatic heterocycles. The summed E-state index contributed by atoms with van der Waals surface area (Å²) >= 11 is 0. The molecule has 2 aliphatic rings. The summed E-state index contributed by atoms with van der Waals surface area (Å²) in [7, 11) is 0. The number of hydrogen-bond donors (Lipinski definition) is 2. The van der Waals surface area contributed by atoms with E-state index in [4.69, 9.17) is 4.42 Å². The standard InChI is InChI=1S/C10H8N2O3/c13-8-10(12-9(14)11-8)4-1-2-7-6(10)3-5-15-7/h1-3,5H,4H2,(H2,11,12,13,14). The van der Waals surface area contributed by atoms with Crippen LogP contribution in [0, 0.1) is 0 Å². The Kier molecular flexibility index (Phi) is 1.38. The van der Waals surface area contributed by atoms with E-state index in [1.54, 1.807) is 12.1 Å². The van der Waals surface area contributed by atoms with Gasteiger partial charge in [-0.3, -0.25) is 10.1 Å². The van der Waals surface area contributed by atoms with Gasteiger partial charge in [-0.2, -0.15) is 0 Å². The number of furan rings is 1. The molecule has 1 saturated heterocycles. The van der Waals surface area contributed by atoms with E-state index in [9.17, 15) is 9.59 Å². The molecule has 0 radical (unpaired) electrons. The highest BCUT2D eigenvalue weighted by Gasteiger charge is 2.49. The molecule has 5 nitrogen and oxygen atoms in total. The van der Waals surface area contributed by atoms with Gasteiger partial charge in [-0.1, -0.05) is 6.08 Å². The van der Waals surface area contributed by atoms with Crippen LogP contribution in [0.15, 0.2) is 22.8 Å². The molecule has 0 saturated carbocycles. The molecule has 0 bridgehead atoms. The van der Waals surface area contributed by atoms with Gasteiger partial charge in [0.2, 0.25) is 0 Å². The Bertz CT molecular complexity index is 489. The predicted octanol–water partition coefficient (Wildman–Crippen LogP) is 0.731. The lowest BCUT2D eigenvalue weighted by Gasteiger charge is -2.26. The Morgan fingerprint density at radius 2 is 2.27 bits per heavy atom. The number of fused-ring (bicyclic) bond motifs is 2. The maximum Gasteiger partial charge on any atom is 0.322 e. The summed E-state index contributed by atoms with van der Waals surface area (Å²) in [4.78, 5) is 22.9. The molecule has 1 spiro atoms. The van der Waals surface area contributed by atoms with E-state index in [0.29, 0.717) is 17.7 Å². The number of nitrogens with one attached hydrogen (secondary N) is 2. The molecule has 1 unspecified atom stereocenters. The van der Waals surface area contributed by atoms with Crippen molar-refractivity contribution in [2.45, 2.75) is 12.0 Å². The first-order chi connectivity index (χ1) is 7.22. The third-order valence-corrected chi connectivity index (χ3v) is 2.79. The van der Waals surface area contributed by atoms with Crippen molar-refractivity contribution in [1.29, 1.82) is 0 Å². The molecule has 1 fully saturated rings. The summed E-state index contributed by atoms with van der Waals surface area (Å²) in [5.74, 6) is 0.304. The zero-order valence-electron chi connectivity index (χ0n) is 7.74. The number of amides is 3. The van der Waals surface area contributed by atoms with Crippen LogP contribution in [0.25, 0.3) is 6.08 Å². The molecular formula is C10H8N2O3. The van der Waals surface area contributed by atoms with Crippen molar-refractivity contribution in [2.75, 3.05) is 0 Å². The lowest BCUT2D eigenvalue weighted by molar-refractivity contribution is -0.124. The number of hydrogen-bond acceptors (Lipinski definition) is 3. The molecule has 15 heavy (non-hydrogen) atoms. The van der Waals surface area contributed by atoms with Gasteiger partial charge in [0.25, 0.3) is 5.91 Å². The van der Waals surface area contributed by atoms with Crippen LogP contribution in [0.3, 0.4) is 0 Å². The van der Waals surface area contributed by atoms with Gasteiger partial charge in [0.1, 0.15) is 5.76 Å². The first kappa shape index (κ1) is 8.28. The fourth-order valence-corrected chi connectivity index (χ4v) is 2.08. The van der Waals surface area contributed by atoms with Gasteiger partial charge in [0.15, 0.2) is 5.54 Å². The van der Waals surface area contributed by atoms with Gasteiger partial charge in [-0.25, -0.2) is 4.79 Å². The van der Waals surface area contributed by atoms with Gasteiger partial charge in [0.05, 0.1) is 6.26 Å². The van der Waals surface area contributed by atoms with Gasteiger partial charge < -0.3 is 9.73 Å². The van der Waals surface area contributed by atoms with Crippen molar-refractivity contribution in [3.8, 4) is 0 Å². The first-order valence-corrected chi connectivity index (χ1v) is 4.60. The largest absolute Gasteiger partial charge is 0.465 e. The zero-order valence-corrected chi connectivity index (χ0v) is 7.74. The SMILES string of the molecule is O=C1NC(=O)C2(CC=Cc3occc32)N1. The highest BCUT2D eigenvalue weighted by atomic mass is 16.3. The van der Waals surface area contributed by atoms with Crippen LogP contribution in [0.5, 0.6) is 0 Å². The van der Waals surface area contributed by atoms with E-state index < -0.39 is 11.6 Å². The van der Waals surface area contributed by atoms with Crippen molar-refractivity contribution in [3.63, 3.8) is 0 Å². The molecule has 1 atom stereocenters. The number of urea groups is 1. The molecule has 2 N–H and O–H groups in total. The Morgan fingerprint density at radius 3 is 3.00 bits per heavy atom. The van der Waals surface area contributed by atoms with Crippen molar-refractivity contribution >= 4 is 18.0 Å². The van der Waals surface area contributed by atoms with Crippen LogP contribution in [-0.2, 0) is 10.3 Å². The molecule has 76 valence electrons. The summed E-state index contributed by atoms with van der Waals surface area (Å²) in [5.41, 5.74) is -0.248. The molecule has 1 aromatic heterocycles. The minimum absolute atomic E-state index is 0.320. The third kappa shape index (κ3) is 0.918. The van der Waals surface area contributed by atoms with Crippen molar-refractivity contribution in [3.05, 3.63) is 29.7 Å². The lowest BCUT2D eigenvalue weighted by atomic mass is 9.83. The molecule has 0 aromatic carbocycles. The molecule has 2 heterocycles. The summed E-state index contributed by atoms with van der Waals surface area (Å²) < 4.78 is 5.21. The Balaban J connectivity index is 2.19. The Labute approximate surface area is 85.1 Å². The average Bonchev–Trinajstić information content (AvgIpc) is 2.74. The van der Waals surface area contributed by atoms with Gasteiger partial charge in [0, 0.05) is 12.0 Å². The van der Waals surface area contributed by atoms with Crippen molar-refractivity contribution < 1.29 is 14.0 Å². The molecular weight excluding hydrogens is 196 g/mol. The van der Waals surface area contributed by atoms with Crippen LogP contribution in [0.1, 0.15) is 17.7 Å². The molecule has 3 rings (SSSR count). The van der Waals surface area contributed by atoms with E-state index in [1.807, 2.05) is 6.08 Å². The summed E-state index contributed by atoms with van der Waals surface area (Å²) in [6.07, 6.45) is 5.59. The van der Waals surface area contributed by atoms with E-state index in [1.165, 1.54) is 6.26 Å². The second-order valence-corrected chi connectivity index (χ2v) is 3.62. The summed E-state index contributed by atoms with van der Waals surface area (Å²) in [6.45, 7) is 0. The summed E-state index contributed by atoms with van der Waals surface area (Å²) in [5, 5.41) is 4.89. The fourth-order valence-electron chi connectivity index (χ4n) is 2.08. The third-order valence-electron chi connectivity index (χ3n) is 2.79. The molecule has 5 heteroatoms. The zero-order chi connectivity index (χ0) is 10.5. The topological polar surface area (TPSA) is 71.3 Å². The Morgan fingerprint density at radius 1 is 1.40 bits per heavy atom. The molecule has 3 amide bonds. The smallest absolute Gasteiger partial charge is 0.322 e. The highest BCUT2D eigenvalue weighted by molar-refractivity contribution is 6.08. The van der Waals surface area contributed by atoms with Gasteiger partial charge >= 0.3 is 6.03 Å². The second kappa shape index (κ2) is 2.50. The minimum atomic E-state index is -0.964. The van der Waals surface area contributed by atoms with Crippen molar-refractivity contribution in [2.24, 2.45) is 0 Å². The fraction of sp³-hybridized carbons (Fsp3) is 0.200. The van der Waals surface area contributed by atoms with E-state index in [2.05, 4.69) is 10.6 Å². The lowest BCUT2D eigenvalue weighted by Crippen LogP contribution is -2.44. The number of rotatable bonds is 0. The first-order valence-electron chi connectivity index (χ1n) is 4.60. The number of carbonyl (C=O) groups excluding carboxylic acids is 2. The van der Waals surface area contributed by atoms with Crippen LogP contribution in [0.4, 0.5) is 4.79 Å². The normalized spacial score (nSPS) is 27.7. The maximum atomic E-state index is 11.8. The van der Waals surface area contributed by atoms with Gasteiger partial charge in [-0.15, -0.1) is 0 Å². The van der Waals surface area contributed by atoms with E-state index >= 15 is 0 Å². The van der Waals surface area contributed by atoms with Crippen LogP contribution in [-0.4, -0.2) is 11.9 Å². The predicted molar refractivity (Wildman–Crippen MR) is 50.7 cm³/mol. The van der Waals surface area contributed by atoms with E-state index in [-0.39, 0.29) is 5.91 Å². The maximum absolute atomic E-state index is 11.8. The number of carbonyl (C=O) groups is 2. The van der Waals surface area contributed by atoms with Crippen LogP contribution in [0.2, 0.25) is 0 Å². The van der Waals surface area contributed by atoms with Gasteiger partial charge in [-0.05, 0) is 12.1 Å². The molecule has 1 aromatic rings. The summed E-state index contributed by atoms with van der Waals surface area (Å²) in [6, 6.07) is 1.26. The average molecular weight is 204 g/mol. The number of imide groups is 1. The second-order valence-electron chi connectivity index (χ2n) is 3.62. The van der Waals surface area contributed by atoms with Crippen LogP contribution >= 0.6 is 0 Å². The van der Waals surface area contributed by atoms with Crippen LogP contribution < -0.4 is 10.6 Å². The molecule has 1 aliphatic carbocycles. The Hall–Kier alpha value is -2.04. The van der Waals surface area contributed by atoms with Crippen molar-refractivity contribution in [1.82, 2.24) is 10.6 Å². The highest BCUT2D eigenvalue weighted by Crippen LogP contribution is 2.36. The minimum Gasteiger partial charge on any atom is -0.465 e. The monoisotopic (exact) mass is 204 g/mol. The quantitative estimate of drug-likeness (QED) is 0.612.